The molecular formula is C19H13IO3S. The number of ether oxygens (including phenoxy) is 2. The SMILES string of the molecule is C#CCOc1c(I)cc(/C=C2\Sc3ccccc3C2=O)cc1OC. The summed E-state index contributed by atoms with van der Waals surface area (Å²) in [5, 5.41) is 0. The topological polar surface area (TPSA) is 35.5 Å². The van der Waals surface area contributed by atoms with Crippen LogP contribution in [0.15, 0.2) is 46.2 Å². The van der Waals surface area contributed by atoms with Crippen LogP contribution in [0.3, 0.4) is 0 Å². The second-order valence-electron chi connectivity index (χ2n) is 4.96. The third kappa shape index (κ3) is 3.30. The van der Waals surface area contributed by atoms with Crippen LogP contribution in [-0.2, 0) is 0 Å². The van der Waals surface area contributed by atoms with Gasteiger partial charge in [0.1, 0.15) is 6.61 Å². The number of thioether (sulfide) groups is 1. The largest absolute Gasteiger partial charge is 0.493 e. The van der Waals surface area contributed by atoms with Gasteiger partial charge in [0.05, 0.1) is 15.6 Å². The highest BCUT2D eigenvalue weighted by Crippen LogP contribution is 2.41. The van der Waals surface area contributed by atoms with Crippen LogP contribution in [0.25, 0.3) is 6.08 Å². The molecule has 0 fully saturated rings. The zero-order chi connectivity index (χ0) is 17.1. The van der Waals surface area contributed by atoms with Gasteiger partial charge in [0.15, 0.2) is 11.5 Å². The molecule has 1 heterocycles. The molecule has 0 radical (unpaired) electrons. The summed E-state index contributed by atoms with van der Waals surface area (Å²) in [5.41, 5.74) is 1.64. The number of terminal acetylenes is 1. The van der Waals surface area contributed by atoms with Crippen LogP contribution < -0.4 is 9.47 Å². The second-order valence-corrected chi connectivity index (χ2v) is 7.21. The molecule has 120 valence electrons. The Morgan fingerprint density at radius 3 is 2.83 bits per heavy atom. The van der Waals surface area contributed by atoms with Gasteiger partial charge in [-0.15, -0.1) is 6.42 Å². The fraction of sp³-hybridized carbons (Fsp3) is 0.105. The minimum absolute atomic E-state index is 0.0530. The maximum absolute atomic E-state index is 12.5. The number of rotatable bonds is 4. The maximum Gasteiger partial charge on any atom is 0.200 e. The Labute approximate surface area is 158 Å². The lowest BCUT2D eigenvalue weighted by molar-refractivity contribution is 0.104. The lowest BCUT2D eigenvalue weighted by Gasteiger charge is -2.12. The number of fused-ring (bicyclic) bond motifs is 1. The van der Waals surface area contributed by atoms with E-state index in [1.54, 1.807) is 7.11 Å². The molecule has 3 rings (SSSR count). The Balaban J connectivity index is 1.96. The smallest absolute Gasteiger partial charge is 0.200 e. The van der Waals surface area contributed by atoms with Crippen molar-refractivity contribution in [3.63, 3.8) is 0 Å². The van der Waals surface area contributed by atoms with Crippen LogP contribution in [0.1, 0.15) is 15.9 Å². The molecule has 24 heavy (non-hydrogen) atoms. The van der Waals surface area contributed by atoms with Gasteiger partial charge in [-0.2, -0.15) is 0 Å². The zero-order valence-electron chi connectivity index (χ0n) is 12.8. The quantitative estimate of drug-likeness (QED) is 0.388. The number of allylic oxidation sites excluding steroid dienone is 1. The van der Waals surface area contributed by atoms with E-state index in [2.05, 4.69) is 28.5 Å². The number of carbonyl (C=O) groups is 1. The fourth-order valence-electron chi connectivity index (χ4n) is 2.36. The van der Waals surface area contributed by atoms with Crippen molar-refractivity contribution in [2.45, 2.75) is 4.90 Å². The summed E-state index contributed by atoms with van der Waals surface area (Å²) in [6.45, 7) is 0.177. The van der Waals surface area contributed by atoms with E-state index in [1.807, 2.05) is 42.5 Å². The van der Waals surface area contributed by atoms with E-state index in [0.29, 0.717) is 16.4 Å². The second kappa shape index (κ2) is 7.32. The normalized spacial score (nSPS) is 14.4. The molecule has 0 spiro atoms. The standard InChI is InChI=1S/C19H13IO3S/c1-3-8-23-19-14(20)9-12(10-15(19)22-2)11-17-18(21)13-6-4-5-7-16(13)24-17/h1,4-7,9-11H,8H2,2H3/b17-11-. The molecule has 3 nitrogen and oxygen atoms in total. The summed E-state index contributed by atoms with van der Waals surface area (Å²) in [7, 11) is 1.58. The fourth-order valence-corrected chi connectivity index (χ4v) is 4.20. The monoisotopic (exact) mass is 448 g/mol. The van der Waals surface area contributed by atoms with Crippen molar-refractivity contribution in [2.75, 3.05) is 13.7 Å². The first-order valence-electron chi connectivity index (χ1n) is 7.11. The van der Waals surface area contributed by atoms with E-state index < -0.39 is 0 Å². The number of hydrogen-bond donors (Lipinski definition) is 0. The van der Waals surface area contributed by atoms with Crippen molar-refractivity contribution < 1.29 is 14.3 Å². The molecule has 0 aliphatic carbocycles. The van der Waals surface area contributed by atoms with Crippen LogP contribution in [-0.4, -0.2) is 19.5 Å². The molecular weight excluding hydrogens is 435 g/mol. The van der Waals surface area contributed by atoms with Gasteiger partial charge in [0, 0.05) is 10.5 Å². The van der Waals surface area contributed by atoms with Gasteiger partial charge in [-0.25, -0.2) is 0 Å². The number of Topliss-reactive ketones (excluding diaryl/α,β-unsaturated/α-hetero) is 1. The van der Waals surface area contributed by atoms with Crippen molar-refractivity contribution in [3.8, 4) is 23.8 Å². The highest BCUT2D eigenvalue weighted by molar-refractivity contribution is 14.1. The van der Waals surface area contributed by atoms with Crippen molar-refractivity contribution in [3.05, 3.63) is 56.0 Å². The molecule has 0 aromatic heterocycles. The highest BCUT2D eigenvalue weighted by atomic mass is 127. The molecule has 0 atom stereocenters. The van der Waals surface area contributed by atoms with Gasteiger partial charge >= 0.3 is 0 Å². The van der Waals surface area contributed by atoms with E-state index in [4.69, 9.17) is 15.9 Å². The molecule has 1 aliphatic rings. The van der Waals surface area contributed by atoms with Gasteiger partial charge in [-0.05, 0) is 58.5 Å². The van der Waals surface area contributed by atoms with Gasteiger partial charge in [-0.3, -0.25) is 4.79 Å². The molecule has 0 saturated carbocycles. The van der Waals surface area contributed by atoms with E-state index in [1.165, 1.54) is 11.8 Å². The van der Waals surface area contributed by atoms with Crippen LogP contribution in [0.5, 0.6) is 11.5 Å². The summed E-state index contributed by atoms with van der Waals surface area (Å²) in [6, 6.07) is 11.4. The predicted molar refractivity (Wildman–Crippen MR) is 105 cm³/mol. The zero-order valence-corrected chi connectivity index (χ0v) is 15.8. The maximum atomic E-state index is 12.5. The van der Waals surface area contributed by atoms with Crippen LogP contribution in [0, 0.1) is 15.9 Å². The molecule has 0 unspecified atom stereocenters. The molecule has 0 saturated heterocycles. The number of hydrogen-bond acceptors (Lipinski definition) is 4. The van der Waals surface area contributed by atoms with Gasteiger partial charge in [-0.1, -0.05) is 29.8 Å². The van der Waals surface area contributed by atoms with Gasteiger partial charge in [0.25, 0.3) is 0 Å². The molecule has 2 aromatic carbocycles. The predicted octanol–water partition coefficient (Wildman–Crippen LogP) is 4.64. The van der Waals surface area contributed by atoms with Crippen molar-refractivity contribution in [1.82, 2.24) is 0 Å². The average Bonchev–Trinajstić information content (AvgIpc) is 2.90. The van der Waals surface area contributed by atoms with Crippen molar-refractivity contribution in [1.29, 1.82) is 0 Å². The first-order valence-corrected chi connectivity index (χ1v) is 9.00. The highest BCUT2D eigenvalue weighted by Gasteiger charge is 2.25. The Hall–Kier alpha value is -1.91. The first-order chi connectivity index (χ1) is 11.6. The number of halogens is 1. The summed E-state index contributed by atoms with van der Waals surface area (Å²) in [5.74, 6) is 3.71. The van der Waals surface area contributed by atoms with Crippen LogP contribution in [0.4, 0.5) is 0 Å². The average molecular weight is 448 g/mol. The molecule has 1 aliphatic heterocycles. The Morgan fingerprint density at radius 2 is 2.12 bits per heavy atom. The van der Waals surface area contributed by atoms with Crippen molar-refractivity contribution in [2.24, 2.45) is 0 Å². The third-order valence-electron chi connectivity index (χ3n) is 3.42. The van der Waals surface area contributed by atoms with E-state index in [-0.39, 0.29) is 12.4 Å². The first kappa shape index (κ1) is 16.9. The number of benzene rings is 2. The summed E-state index contributed by atoms with van der Waals surface area (Å²) in [4.78, 5) is 14.2. The minimum atomic E-state index is 0.0530. The number of methoxy groups -OCH3 is 1. The van der Waals surface area contributed by atoms with Crippen LogP contribution >= 0.6 is 34.4 Å². The lowest BCUT2D eigenvalue weighted by atomic mass is 10.1. The Kier molecular flexibility index (Phi) is 5.17. The summed E-state index contributed by atoms with van der Waals surface area (Å²) in [6.07, 6.45) is 7.12. The minimum Gasteiger partial charge on any atom is -0.493 e. The number of carbonyl (C=O) groups excluding carboxylic acids is 1. The Bertz CT molecular complexity index is 881. The molecule has 0 bridgehead atoms. The summed E-state index contributed by atoms with van der Waals surface area (Å²) >= 11 is 3.66. The Morgan fingerprint density at radius 1 is 1.33 bits per heavy atom. The number of ketones is 1. The van der Waals surface area contributed by atoms with E-state index in [0.717, 1.165) is 19.6 Å². The van der Waals surface area contributed by atoms with Gasteiger partial charge < -0.3 is 9.47 Å². The lowest BCUT2D eigenvalue weighted by Crippen LogP contribution is -2.00. The molecule has 0 amide bonds. The third-order valence-corrected chi connectivity index (χ3v) is 5.33. The van der Waals surface area contributed by atoms with E-state index >= 15 is 0 Å². The molecule has 0 N–H and O–H groups in total. The van der Waals surface area contributed by atoms with Crippen molar-refractivity contribution >= 4 is 46.2 Å². The van der Waals surface area contributed by atoms with Crippen LogP contribution in [0.2, 0.25) is 0 Å². The van der Waals surface area contributed by atoms with Gasteiger partial charge in [0.2, 0.25) is 5.78 Å². The summed E-state index contributed by atoms with van der Waals surface area (Å²) < 4.78 is 11.8. The molecule has 2 aromatic rings. The molecule has 5 heteroatoms. The van der Waals surface area contributed by atoms with E-state index in [9.17, 15) is 4.79 Å².